The molecule has 2 rings (SSSR count). The Balaban J connectivity index is 2.30. The van der Waals surface area contributed by atoms with Crippen LogP contribution in [-0.4, -0.2) is 12.5 Å². The van der Waals surface area contributed by atoms with Crippen LogP contribution in [0.5, 0.6) is 0 Å². The fraction of sp³-hybridized carbons (Fsp3) is 0.308. The summed E-state index contributed by atoms with van der Waals surface area (Å²) < 4.78 is 0. The largest absolute Gasteiger partial charge is 0.312 e. The second-order valence-corrected chi connectivity index (χ2v) is 4.63. The van der Waals surface area contributed by atoms with Crippen molar-refractivity contribution in [2.75, 3.05) is 11.4 Å². The van der Waals surface area contributed by atoms with Crippen molar-refractivity contribution >= 4 is 23.2 Å². The first-order valence-corrected chi connectivity index (χ1v) is 5.68. The van der Waals surface area contributed by atoms with E-state index in [1.807, 2.05) is 31.2 Å². The van der Waals surface area contributed by atoms with Crippen LogP contribution >= 0.6 is 11.6 Å². The van der Waals surface area contributed by atoms with E-state index in [1.165, 1.54) is 0 Å². The van der Waals surface area contributed by atoms with Gasteiger partial charge in [0.2, 0.25) is 5.91 Å². The van der Waals surface area contributed by atoms with Gasteiger partial charge in [-0.05, 0) is 30.7 Å². The lowest BCUT2D eigenvalue weighted by atomic mass is 10.1. The van der Waals surface area contributed by atoms with Crippen molar-refractivity contribution < 1.29 is 4.79 Å². The number of anilines is 1. The van der Waals surface area contributed by atoms with Gasteiger partial charge in [-0.15, -0.1) is 6.58 Å². The summed E-state index contributed by atoms with van der Waals surface area (Å²) in [4.78, 5) is 13.6. The fourth-order valence-electron chi connectivity index (χ4n) is 2.02. The first-order valence-electron chi connectivity index (χ1n) is 5.30. The number of benzene rings is 1. The number of amides is 1. The molecule has 2 nitrogen and oxygen atoms in total. The Morgan fingerprint density at radius 3 is 2.81 bits per heavy atom. The second-order valence-electron chi connectivity index (χ2n) is 4.19. The zero-order chi connectivity index (χ0) is 11.7. The molecular formula is C13H14ClNO. The summed E-state index contributed by atoms with van der Waals surface area (Å²) in [6.45, 7) is 6.42. The molecule has 0 aromatic heterocycles. The quantitative estimate of drug-likeness (QED) is 0.721. The minimum atomic E-state index is 0.145. The molecule has 16 heavy (non-hydrogen) atoms. The molecule has 0 aliphatic carbocycles. The molecule has 1 fully saturated rings. The van der Waals surface area contributed by atoms with Crippen molar-refractivity contribution in [1.82, 2.24) is 0 Å². The van der Waals surface area contributed by atoms with Crippen LogP contribution in [0.1, 0.15) is 12.0 Å². The van der Waals surface area contributed by atoms with Crippen LogP contribution in [0, 0.1) is 12.8 Å². The van der Waals surface area contributed by atoms with E-state index in [0.717, 1.165) is 11.3 Å². The molecule has 1 heterocycles. The first kappa shape index (κ1) is 11.2. The smallest absolute Gasteiger partial charge is 0.227 e. The van der Waals surface area contributed by atoms with Gasteiger partial charge in [0.25, 0.3) is 0 Å². The Morgan fingerprint density at radius 2 is 2.25 bits per heavy atom. The molecular weight excluding hydrogens is 222 g/mol. The number of carbonyl (C=O) groups is 1. The molecule has 0 N–H and O–H groups in total. The van der Waals surface area contributed by atoms with Gasteiger partial charge in [-0.25, -0.2) is 0 Å². The molecule has 0 spiro atoms. The number of halogens is 1. The molecule has 1 amide bonds. The van der Waals surface area contributed by atoms with Gasteiger partial charge in [0.15, 0.2) is 0 Å². The molecule has 84 valence electrons. The topological polar surface area (TPSA) is 20.3 Å². The number of aryl methyl sites for hydroxylation is 1. The summed E-state index contributed by atoms with van der Waals surface area (Å²) in [5.41, 5.74) is 1.96. The minimum absolute atomic E-state index is 0.145. The van der Waals surface area contributed by atoms with Crippen LogP contribution in [-0.2, 0) is 4.79 Å². The Morgan fingerprint density at radius 1 is 1.50 bits per heavy atom. The molecule has 0 radical (unpaired) electrons. The predicted octanol–water partition coefficient (Wildman–Crippen LogP) is 3.19. The van der Waals surface area contributed by atoms with E-state index in [2.05, 4.69) is 6.58 Å². The van der Waals surface area contributed by atoms with Crippen molar-refractivity contribution in [3.05, 3.63) is 41.4 Å². The van der Waals surface area contributed by atoms with E-state index >= 15 is 0 Å². The number of nitrogens with zero attached hydrogens (tertiary/aromatic N) is 1. The maximum absolute atomic E-state index is 11.8. The third-order valence-corrected chi connectivity index (χ3v) is 3.05. The Kier molecular flexibility index (Phi) is 3.01. The van der Waals surface area contributed by atoms with E-state index in [4.69, 9.17) is 11.6 Å². The van der Waals surface area contributed by atoms with Crippen LogP contribution in [0.25, 0.3) is 0 Å². The van der Waals surface area contributed by atoms with Gasteiger partial charge in [-0.3, -0.25) is 4.79 Å². The zero-order valence-corrected chi connectivity index (χ0v) is 10.00. The second kappa shape index (κ2) is 4.30. The van der Waals surface area contributed by atoms with E-state index in [0.29, 0.717) is 18.0 Å². The number of rotatable bonds is 2. The number of carbonyl (C=O) groups excluding carboxylic acids is 1. The Labute approximate surface area is 101 Å². The van der Waals surface area contributed by atoms with Gasteiger partial charge in [0, 0.05) is 29.6 Å². The lowest BCUT2D eigenvalue weighted by Crippen LogP contribution is -2.24. The van der Waals surface area contributed by atoms with Gasteiger partial charge in [-0.2, -0.15) is 0 Å². The van der Waals surface area contributed by atoms with Crippen LogP contribution < -0.4 is 4.90 Å². The fourth-order valence-corrected chi connectivity index (χ4v) is 2.30. The molecule has 0 bridgehead atoms. The van der Waals surface area contributed by atoms with E-state index in [9.17, 15) is 4.79 Å². The van der Waals surface area contributed by atoms with Crippen molar-refractivity contribution in [1.29, 1.82) is 0 Å². The number of hydrogen-bond acceptors (Lipinski definition) is 1. The lowest BCUT2D eigenvalue weighted by molar-refractivity contribution is -0.117. The van der Waals surface area contributed by atoms with Gasteiger partial charge >= 0.3 is 0 Å². The average molecular weight is 236 g/mol. The van der Waals surface area contributed by atoms with Gasteiger partial charge in [0.1, 0.15) is 0 Å². The molecule has 3 heteroatoms. The normalized spacial score (nSPS) is 20.2. The zero-order valence-electron chi connectivity index (χ0n) is 9.24. The molecule has 1 atom stereocenters. The van der Waals surface area contributed by atoms with Crippen molar-refractivity contribution in [3.8, 4) is 0 Å². The summed E-state index contributed by atoms with van der Waals surface area (Å²) in [5.74, 6) is 0.401. The minimum Gasteiger partial charge on any atom is -0.312 e. The van der Waals surface area contributed by atoms with Crippen molar-refractivity contribution in [2.24, 2.45) is 5.92 Å². The van der Waals surface area contributed by atoms with Crippen LogP contribution in [0.15, 0.2) is 30.9 Å². The van der Waals surface area contributed by atoms with Gasteiger partial charge in [0.05, 0.1) is 0 Å². The van der Waals surface area contributed by atoms with Gasteiger partial charge < -0.3 is 4.90 Å². The molecule has 1 saturated heterocycles. The van der Waals surface area contributed by atoms with Crippen LogP contribution in [0.4, 0.5) is 5.69 Å². The van der Waals surface area contributed by atoms with Crippen LogP contribution in [0.2, 0.25) is 5.02 Å². The SMILES string of the molecule is C=CC1CC(=O)N(c2cc(C)cc(Cl)c2)C1. The van der Waals surface area contributed by atoms with Crippen molar-refractivity contribution in [2.45, 2.75) is 13.3 Å². The van der Waals surface area contributed by atoms with E-state index in [-0.39, 0.29) is 11.8 Å². The third kappa shape index (κ3) is 2.12. The Hall–Kier alpha value is -1.28. The third-order valence-electron chi connectivity index (χ3n) is 2.83. The maximum Gasteiger partial charge on any atom is 0.227 e. The highest BCUT2D eigenvalue weighted by molar-refractivity contribution is 6.31. The summed E-state index contributed by atoms with van der Waals surface area (Å²) in [6.07, 6.45) is 2.39. The highest BCUT2D eigenvalue weighted by Gasteiger charge is 2.28. The summed E-state index contributed by atoms with van der Waals surface area (Å²) in [6, 6.07) is 5.70. The predicted molar refractivity (Wildman–Crippen MR) is 66.8 cm³/mol. The summed E-state index contributed by atoms with van der Waals surface area (Å²) >= 11 is 5.99. The standard InChI is InChI=1S/C13H14ClNO/c1-3-10-6-13(16)15(8-10)12-5-9(2)4-11(14)7-12/h3-5,7,10H,1,6,8H2,2H3. The Bertz CT molecular complexity index is 421. The van der Waals surface area contributed by atoms with Crippen molar-refractivity contribution in [3.63, 3.8) is 0 Å². The molecule has 1 aliphatic heterocycles. The molecule has 1 aromatic carbocycles. The van der Waals surface area contributed by atoms with E-state index < -0.39 is 0 Å². The monoisotopic (exact) mass is 235 g/mol. The molecule has 1 unspecified atom stereocenters. The van der Waals surface area contributed by atoms with E-state index in [1.54, 1.807) is 4.90 Å². The lowest BCUT2D eigenvalue weighted by Gasteiger charge is -2.17. The number of hydrogen-bond donors (Lipinski definition) is 0. The summed E-state index contributed by atoms with van der Waals surface area (Å²) in [7, 11) is 0. The summed E-state index contributed by atoms with van der Waals surface area (Å²) in [5, 5.41) is 0.671. The molecule has 1 aliphatic rings. The maximum atomic E-state index is 11.8. The molecule has 1 aromatic rings. The highest BCUT2D eigenvalue weighted by Crippen LogP contribution is 2.28. The molecule has 0 saturated carbocycles. The average Bonchev–Trinajstić information content (AvgIpc) is 2.58. The first-order chi connectivity index (χ1) is 7.60. The van der Waals surface area contributed by atoms with Crippen LogP contribution in [0.3, 0.4) is 0 Å². The highest BCUT2D eigenvalue weighted by atomic mass is 35.5. The van der Waals surface area contributed by atoms with Gasteiger partial charge in [-0.1, -0.05) is 17.7 Å².